The van der Waals surface area contributed by atoms with Gasteiger partial charge in [-0.2, -0.15) is 0 Å². The molecule has 0 amide bonds. The van der Waals surface area contributed by atoms with Gasteiger partial charge in [-0.15, -0.1) is 0 Å². The van der Waals surface area contributed by atoms with E-state index in [1.54, 1.807) is 7.05 Å². The van der Waals surface area contributed by atoms with Crippen LogP contribution in [0.1, 0.15) is 45.4 Å². The van der Waals surface area contributed by atoms with Crippen molar-refractivity contribution in [3.8, 4) is 12.0 Å². The molecule has 0 rings (SSSR count). The van der Waals surface area contributed by atoms with Crippen LogP contribution >= 0.6 is 0 Å². The Morgan fingerprint density at radius 3 is 1.96 bits per heavy atom. The second kappa shape index (κ2) is 17.5. The van der Waals surface area contributed by atoms with Gasteiger partial charge in [-0.3, -0.25) is 0 Å². The molecule has 0 unspecified atom stereocenters. The van der Waals surface area contributed by atoms with Crippen molar-refractivity contribution < 1.29 is 30.6 Å². The molecule has 0 aliphatic rings. The fourth-order valence-electron chi connectivity index (χ4n) is 1.77. The lowest BCUT2D eigenvalue weighted by molar-refractivity contribution is -0.113. The van der Waals surface area contributed by atoms with Crippen molar-refractivity contribution >= 4 is 0 Å². The molecule has 0 aliphatic heterocycles. The van der Waals surface area contributed by atoms with Gasteiger partial charge in [-0.05, 0) is 13.5 Å². The Labute approximate surface area is 139 Å². The highest BCUT2D eigenvalue weighted by Gasteiger charge is 2.29. The summed E-state index contributed by atoms with van der Waals surface area (Å²) in [5, 5.41) is 55.6. The maximum Gasteiger partial charge on any atom is 0.111 e. The molecule has 0 spiro atoms. The van der Waals surface area contributed by atoms with Gasteiger partial charge in [0.15, 0.2) is 0 Å². The fourth-order valence-corrected chi connectivity index (χ4v) is 1.77. The summed E-state index contributed by atoms with van der Waals surface area (Å²) in [6.45, 7) is 1.63. The smallest absolute Gasteiger partial charge is 0.111 e. The highest BCUT2D eigenvalue weighted by Crippen LogP contribution is 2.04. The number of unbranched alkanes of at least 4 members (excludes halogenated alkanes) is 5. The van der Waals surface area contributed by atoms with Gasteiger partial charge in [0.25, 0.3) is 0 Å². The summed E-state index contributed by atoms with van der Waals surface area (Å²) in [6, 6.07) is 0. The monoisotopic (exact) mass is 335 g/mol. The van der Waals surface area contributed by atoms with Crippen LogP contribution in [0.25, 0.3) is 0 Å². The minimum atomic E-state index is -1.55. The predicted octanol–water partition coefficient (Wildman–Crippen LogP) is -0.678. The molecule has 7 N–H and O–H groups in total. The van der Waals surface area contributed by atoms with E-state index in [-0.39, 0.29) is 6.54 Å². The van der Waals surface area contributed by atoms with Crippen molar-refractivity contribution in [1.29, 1.82) is 0 Å². The van der Waals surface area contributed by atoms with E-state index in [0.717, 1.165) is 12.8 Å². The lowest BCUT2D eigenvalue weighted by atomic mass is 10.0. The van der Waals surface area contributed by atoms with Crippen LogP contribution in [0.4, 0.5) is 0 Å². The largest absolute Gasteiger partial charge is 0.462 e. The normalized spacial score (nSPS) is 15.4. The second-order valence-electron chi connectivity index (χ2n) is 5.31. The van der Waals surface area contributed by atoms with E-state index in [9.17, 15) is 5.11 Å². The molecule has 0 saturated carbocycles. The first kappa shape index (κ1) is 24.4. The maximum absolute atomic E-state index is 9.21. The van der Waals surface area contributed by atoms with E-state index in [4.69, 9.17) is 25.5 Å². The lowest BCUT2D eigenvalue weighted by Crippen LogP contribution is -2.48. The van der Waals surface area contributed by atoms with Crippen molar-refractivity contribution in [2.45, 2.75) is 69.9 Å². The summed E-state index contributed by atoms with van der Waals surface area (Å²) in [4.78, 5) is 0. The standard InChI is InChI=1S/C9H16O.C7H17NO5/c1-2-3-4-5-6-7-8-9-10;1-8-2-4(10)6(12)7(13)5(11)3-9/h10H,2-7H2,1H3;4-13H,2-3H2,1H3/t;4-,5+,6+,7+/m.0/s1. The van der Waals surface area contributed by atoms with Crippen molar-refractivity contribution in [1.82, 2.24) is 5.32 Å². The van der Waals surface area contributed by atoms with Crippen LogP contribution in [0.3, 0.4) is 0 Å². The molecule has 7 heteroatoms. The molecule has 7 nitrogen and oxygen atoms in total. The number of nitrogens with one attached hydrogen (secondary N) is 1. The van der Waals surface area contributed by atoms with E-state index >= 15 is 0 Å². The van der Waals surface area contributed by atoms with E-state index in [2.05, 4.69) is 18.2 Å². The van der Waals surface area contributed by atoms with Crippen LogP contribution in [0.2, 0.25) is 0 Å². The number of rotatable bonds is 11. The molecule has 0 heterocycles. The molecule has 0 aromatic rings. The molecule has 0 aromatic heterocycles. The Hall–Kier alpha value is -0.880. The zero-order chi connectivity index (χ0) is 18.1. The number of likely N-dealkylation sites (N-methyl/N-ethyl adjacent to an activating group) is 1. The summed E-state index contributed by atoms with van der Waals surface area (Å²) in [5.41, 5.74) is 0. The average molecular weight is 335 g/mol. The number of aliphatic hydroxyl groups excluding tert-OH is 6. The van der Waals surface area contributed by atoms with Crippen molar-refractivity contribution in [2.24, 2.45) is 0 Å². The van der Waals surface area contributed by atoms with E-state index in [1.807, 2.05) is 6.11 Å². The van der Waals surface area contributed by atoms with E-state index in [1.165, 1.54) is 25.7 Å². The molecule has 0 radical (unpaired) electrons. The van der Waals surface area contributed by atoms with Gasteiger partial charge in [-0.1, -0.05) is 38.5 Å². The first-order chi connectivity index (χ1) is 11.0. The maximum atomic E-state index is 9.21. The summed E-state index contributed by atoms with van der Waals surface area (Å²) < 4.78 is 0. The van der Waals surface area contributed by atoms with Gasteiger partial charge < -0.3 is 36.0 Å². The molecule has 0 bridgehead atoms. The summed E-state index contributed by atoms with van der Waals surface area (Å²) in [7, 11) is 1.57. The van der Waals surface area contributed by atoms with Gasteiger partial charge in [0.1, 0.15) is 24.4 Å². The predicted molar refractivity (Wildman–Crippen MR) is 88.1 cm³/mol. The molecule has 23 heavy (non-hydrogen) atoms. The Morgan fingerprint density at radius 2 is 1.48 bits per heavy atom. The number of hydrogen-bond acceptors (Lipinski definition) is 7. The molecule has 0 fully saturated rings. The molecular weight excluding hydrogens is 302 g/mol. The van der Waals surface area contributed by atoms with Crippen molar-refractivity contribution in [3.05, 3.63) is 0 Å². The first-order valence-corrected chi connectivity index (χ1v) is 8.05. The third-order valence-electron chi connectivity index (χ3n) is 3.22. The summed E-state index contributed by atoms with van der Waals surface area (Å²) >= 11 is 0. The van der Waals surface area contributed by atoms with Crippen LogP contribution in [0, 0.1) is 12.0 Å². The Bertz CT molecular complexity index is 305. The summed E-state index contributed by atoms with van der Waals surface area (Å²) in [5.74, 6) is 2.63. The Kier molecular flexibility index (Phi) is 18.5. The highest BCUT2D eigenvalue weighted by atomic mass is 16.4. The number of aliphatic hydroxyl groups is 6. The van der Waals surface area contributed by atoms with Gasteiger partial charge >= 0.3 is 0 Å². The van der Waals surface area contributed by atoms with Crippen molar-refractivity contribution in [2.75, 3.05) is 20.2 Å². The zero-order valence-corrected chi connectivity index (χ0v) is 14.1. The quantitative estimate of drug-likeness (QED) is 0.196. The molecule has 138 valence electrons. The third-order valence-corrected chi connectivity index (χ3v) is 3.22. The molecule has 0 saturated heterocycles. The van der Waals surface area contributed by atoms with Crippen LogP contribution in [-0.2, 0) is 0 Å². The topological polar surface area (TPSA) is 133 Å². The Balaban J connectivity index is 0. The van der Waals surface area contributed by atoms with Crippen molar-refractivity contribution in [3.63, 3.8) is 0 Å². The van der Waals surface area contributed by atoms with Crippen LogP contribution < -0.4 is 5.32 Å². The van der Waals surface area contributed by atoms with Gasteiger partial charge in [0.05, 0.1) is 12.7 Å². The van der Waals surface area contributed by atoms with Crippen LogP contribution in [0.15, 0.2) is 0 Å². The first-order valence-electron chi connectivity index (χ1n) is 8.05. The average Bonchev–Trinajstić information content (AvgIpc) is 2.56. The molecule has 4 atom stereocenters. The van der Waals surface area contributed by atoms with Crippen LogP contribution in [0.5, 0.6) is 0 Å². The third kappa shape index (κ3) is 14.4. The highest BCUT2D eigenvalue weighted by molar-refractivity contribution is 4.88. The van der Waals surface area contributed by atoms with Gasteiger partial charge in [0.2, 0.25) is 0 Å². The summed E-state index contributed by atoms with van der Waals surface area (Å²) in [6.07, 6.45) is 3.41. The second-order valence-corrected chi connectivity index (χ2v) is 5.31. The minimum Gasteiger partial charge on any atom is -0.462 e. The van der Waals surface area contributed by atoms with E-state index in [0.29, 0.717) is 0 Å². The molecule has 0 aliphatic carbocycles. The molecule has 0 aromatic carbocycles. The zero-order valence-electron chi connectivity index (χ0n) is 14.1. The van der Waals surface area contributed by atoms with E-state index < -0.39 is 31.0 Å². The molecular formula is C16H33NO6. The minimum absolute atomic E-state index is 0.0936. The van der Waals surface area contributed by atoms with Crippen LogP contribution in [-0.4, -0.2) is 75.3 Å². The van der Waals surface area contributed by atoms with Gasteiger partial charge in [-0.25, -0.2) is 0 Å². The fraction of sp³-hybridized carbons (Fsp3) is 0.875. The Morgan fingerprint density at radius 1 is 0.913 bits per heavy atom. The number of hydrogen-bond donors (Lipinski definition) is 7. The SMILES string of the molecule is CCCCCCCC#CO.CNC[C@H](O)[C@@H](O)[C@H](O)[C@H](O)CO. The van der Waals surface area contributed by atoms with Gasteiger partial charge in [0, 0.05) is 13.0 Å². The lowest BCUT2D eigenvalue weighted by Gasteiger charge is -2.25.